The Morgan fingerprint density at radius 1 is 1.29 bits per heavy atom. The van der Waals surface area contributed by atoms with Crippen LogP contribution in [0.5, 0.6) is 0 Å². The molecule has 14 heavy (non-hydrogen) atoms. The third kappa shape index (κ3) is 2.42. The van der Waals surface area contributed by atoms with Crippen molar-refractivity contribution in [3.8, 4) is 0 Å². The number of hydrogen-bond acceptors (Lipinski definition) is 2. The molecule has 0 spiro atoms. The summed E-state index contributed by atoms with van der Waals surface area (Å²) in [5.41, 5.74) is 1.31. The second-order valence-electron chi connectivity index (χ2n) is 3.83. The topological polar surface area (TPSA) is 29.1 Å². The molecule has 0 unspecified atom stereocenters. The van der Waals surface area contributed by atoms with E-state index in [1.54, 1.807) is 0 Å². The van der Waals surface area contributed by atoms with Crippen molar-refractivity contribution in [3.63, 3.8) is 0 Å². The molecule has 1 aromatic rings. The van der Waals surface area contributed by atoms with Crippen LogP contribution in [0.3, 0.4) is 0 Å². The number of benzene rings is 1. The van der Waals surface area contributed by atoms with E-state index in [9.17, 15) is 4.79 Å². The van der Waals surface area contributed by atoms with Crippen molar-refractivity contribution < 1.29 is 4.79 Å². The minimum atomic E-state index is 0.346. The van der Waals surface area contributed by atoms with E-state index in [1.807, 2.05) is 18.2 Å². The molecular formula is C12H15NO. The van der Waals surface area contributed by atoms with Gasteiger partial charge in [0.15, 0.2) is 0 Å². The molecule has 1 aromatic carbocycles. The summed E-state index contributed by atoms with van der Waals surface area (Å²) in [5.74, 6) is 0.393. The highest BCUT2D eigenvalue weighted by molar-refractivity contribution is 5.80. The molecule has 2 rings (SSSR count). The van der Waals surface area contributed by atoms with Crippen LogP contribution in [0.4, 0.5) is 0 Å². The fourth-order valence-electron chi connectivity index (χ4n) is 1.91. The van der Waals surface area contributed by atoms with Crippen molar-refractivity contribution in [2.75, 3.05) is 6.54 Å². The van der Waals surface area contributed by atoms with E-state index in [0.29, 0.717) is 24.7 Å². The molecule has 1 heterocycles. The molecule has 1 N–H and O–H groups in total. The Morgan fingerprint density at radius 2 is 2.07 bits per heavy atom. The van der Waals surface area contributed by atoms with E-state index in [1.165, 1.54) is 5.56 Å². The van der Waals surface area contributed by atoms with Gasteiger partial charge in [0.25, 0.3) is 0 Å². The molecule has 1 atom stereocenters. The summed E-state index contributed by atoms with van der Waals surface area (Å²) in [4.78, 5) is 11.2. The maximum absolute atomic E-state index is 11.2. The minimum Gasteiger partial charge on any atom is -0.313 e. The minimum absolute atomic E-state index is 0.346. The SMILES string of the molecule is O=C1CCN[C@H](Cc2ccccc2)C1. The number of carbonyl (C=O) groups excluding carboxylic acids is 1. The fraction of sp³-hybridized carbons (Fsp3) is 0.417. The van der Waals surface area contributed by atoms with Crippen molar-refractivity contribution in [2.24, 2.45) is 0 Å². The van der Waals surface area contributed by atoms with Gasteiger partial charge in [-0.3, -0.25) is 4.79 Å². The Balaban J connectivity index is 1.94. The largest absolute Gasteiger partial charge is 0.313 e. The van der Waals surface area contributed by atoms with E-state index in [-0.39, 0.29) is 0 Å². The number of ketones is 1. The summed E-state index contributed by atoms with van der Waals surface area (Å²) in [7, 11) is 0. The van der Waals surface area contributed by atoms with Crippen LogP contribution in [0, 0.1) is 0 Å². The van der Waals surface area contributed by atoms with Gasteiger partial charge in [-0.25, -0.2) is 0 Å². The van der Waals surface area contributed by atoms with Crippen LogP contribution in [-0.2, 0) is 11.2 Å². The molecule has 1 aliphatic rings. The quantitative estimate of drug-likeness (QED) is 0.764. The van der Waals surface area contributed by atoms with Crippen molar-refractivity contribution >= 4 is 5.78 Å². The summed E-state index contributed by atoms with van der Waals surface area (Å²) in [5, 5.41) is 3.38. The third-order valence-corrected chi connectivity index (χ3v) is 2.64. The Hall–Kier alpha value is -1.15. The first-order valence-corrected chi connectivity index (χ1v) is 5.13. The van der Waals surface area contributed by atoms with Gasteiger partial charge in [0.05, 0.1) is 0 Å². The van der Waals surface area contributed by atoms with Crippen LogP contribution < -0.4 is 5.32 Å². The highest BCUT2D eigenvalue weighted by Crippen LogP contribution is 2.10. The second-order valence-corrected chi connectivity index (χ2v) is 3.83. The number of carbonyl (C=O) groups is 1. The zero-order chi connectivity index (χ0) is 9.80. The molecule has 0 aliphatic carbocycles. The van der Waals surface area contributed by atoms with Crippen molar-refractivity contribution in [3.05, 3.63) is 35.9 Å². The Bertz CT molecular complexity index is 307. The van der Waals surface area contributed by atoms with Gasteiger partial charge in [-0.05, 0) is 12.0 Å². The normalized spacial score (nSPS) is 22.3. The van der Waals surface area contributed by atoms with Crippen LogP contribution in [0.1, 0.15) is 18.4 Å². The average molecular weight is 189 g/mol. The van der Waals surface area contributed by atoms with Gasteiger partial charge < -0.3 is 5.32 Å². The fourth-order valence-corrected chi connectivity index (χ4v) is 1.91. The summed E-state index contributed by atoms with van der Waals surface area (Å²) in [6.45, 7) is 0.844. The van der Waals surface area contributed by atoms with Gasteiger partial charge in [0.1, 0.15) is 5.78 Å². The van der Waals surface area contributed by atoms with Gasteiger partial charge in [0, 0.05) is 25.4 Å². The van der Waals surface area contributed by atoms with Crippen molar-refractivity contribution in [1.82, 2.24) is 5.32 Å². The zero-order valence-electron chi connectivity index (χ0n) is 8.20. The number of piperidine rings is 1. The molecule has 0 amide bonds. The lowest BCUT2D eigenvalue weighted by atomic mass is 9.97. The van der Waals surface area contributed by atoms with E-state index in [2.05, 4.69) is 17.4 Å². The summed E-state index contributed by atoms with van der Waals surface area (Å²) >= 11 is 0. The number of nitrogens with one attached hydrogen (secondary N) is 1. The first-order chi connectivity index (χ1) is 6.84. The van der Waals surface area contributed by atoms with E-state index < -0.39 is 0 Å². The first-order valence-electron chi connectivity index (χ1n) is 5.13. The molecular weight excluding hydrogens is 174 g/mol. The van der Waals surface area contributed by atoms with Crippen LogP contribution in [0.2, 0.25) is 0 Å². The molecule has 74 valence electrons. The maximum Gasteiger partial charge on any atom is 0.135 e. The Labute approximate surface area is 84.3 Å². The molecule has 0 bridgehead atoms. The number of rotatable bonds is 2. The van der Waals surface area contributed by atoms with E-state index >= 15 is 0 Å². The monoisotopic (exact) mass is 189 g/mol. The van der Waals surface area contributed by atoms with Gasteiger partial charge in [0.2, 0.25) is 0 Å². The van der Waals surface area contributed by atoms with Crippen LogP contribution in [0.25, 0.3) is 0 Å². The summed E-state index contributed by atoms with van der Waals surface area (Å²) in [6, 6.07) is 10.7. The summed E-state index contributed by atoms with van der Waals surface area (Å²) in [6.07, 6.45) is 2.35. The molecule has 1 saturated heterocycles. The van der Waals surface area contributed by atoms with Crippen molar-refractivity contribution in [2.45, 2.75) is 25.3 Å². The van der Waals surface area contributed by atoms with E-state index in [4.69, 9.17) is 0 Å². The molecule has 0 aromatic heterocycles. The Kier molecular flexibility index (Phi) is 2.94. The highest BCUT2D eigenvalue weighted by atomic mass is 16.1. The maximum atomic E-state index is 11.2. The van der Waals surface area contributed by atoms with Gasteiger partial charge >= 0.3 is 0 Å². The zero-order valence-corrected chi connectivity index (χ0v) is 8.20. The summed E-state index contributed by atoms with van der Waals surface area (Å²) < 4.78 is 0. The number of Topliss-reactive ketones (excluding diaryl/α,β-unsaturated/α-hetero) is 1. The average Bonchev–Trinajstić information content (AvgIpc) is 2.19. The lowest BCUT2D eigenvalue weighted by Crippen LogP contribution is -2.39. The molecule has 2 heteroatoms. The smallest absolute Gasteiger partial charge is 0.135 e. The van der Waals surface area contributed by atoms with Crippen LogP contribution in [0.15, 0.2) is 30.3 Å². The van der Waals surface area contributed by atoms with Crippen LogP contribution in [-0.4, -0.2) is 18.4 Å². The lowest BCUT2D eigenvalue weighted by molar-refractivity contribution is -0.120. The first kappa shape index (κ1) is 9.41. The molecule has 2 nitrogen and oxygen atoms in total. The van der Waals surface area contributed by atoms with E-state index in [0.717, 1.165) is 13.0 Å². The third-order valence-electron chi connectivity index (χ3n) is 2.64. The molecule has 1 fully saturated rings. The number of hydrogen-bond donors (Lipinski definition) is 1. The van der Waals surface area contributed by atoms with Gasteiger partial charge in [-0.1, -0.05) is 30.3 Å². The van der Waals surface area contributed by atoms with Gasteiger partial charge in [-0.2, -0.15) is 0 Å². The molecule has 1 aliphatic heterocycles. The Morgan fingerprint density at radius 3 is 2.79 bits per heavy atom. The standard InChI is InChI=1S/C12H15NO/c14-12-6-7-13-11(9-12)8-10-4-2-1-3-5-10/h1-5,11,13H,6-9H2/t11-/m1/s1. The van der Waals surface area contributed by atoms with Crippen molar-refractivity contribution in [1.29, 1.82) is 0 Å². The highest BCUT2D eigenvalue weighted by Gasteiger charge is 2.18. The predicted octanol–water partition coefficient (Wildman–Crippen LogP) is 1.55. The molecule has 0 radical (unpaired) electrons. The lowest BCUT2D eigenvalue weighted by Gasteiger charge is -2.22. The van der Waals surface area contributed by atoms with Gasteiger partial charge in [-0.15, -0.1) is 0 Å². The van der Waals surface area contributed by atoms with Crippen LogP contribution >= 0.6 is 0 Å². The second kappa shape index (κ2) is 4.38. The predicted molar refractivity (Wildman–Crippen MR) is 56.2 cm³/mol. The molecule has 0 saturated carbocycles.